The molecule has 1 heterocycles. The quantitative estimate of drug-likeness (QED) is 0.742. The normalized spacial score (nSPS) is 13.8. The lowest BCUT2D eigenvalue weighted by Gasteiger charge is -2.31. The molecule has 0 spiro atoms. The zero-order valence-corrected chi connectivity index (χ0v) is 12.9. The maximum Gasteiger partial charge on any atom is 0.243 e. The second kappa shape index (κ2) is 6.73. The molecule has 0 aliphatic carbocycles. The van der Waals surface area contributed by atoms with Gasteiger partial charge in [-0.3, -0.25) is 10.1 Å². The number of carbonyl (C=O) groups excluding carboxylic acids is 1. The third kappa shape index (κ3) is 3.25. The number of thioether (sulfide) groups is 1. The number of primary amides is 1. The van der Waals surface area contributed by atoms with E-state index in [9.17, 15) is 4.79 Å². The van der Waals surface area contributed by atoms with Crippen molar-refractivity contribution >= 4 is 17.7 Å². The standard InChI is InChI=1S/C14H19N5OS/c1-3-16-14(12(15)20,11-7-5-4-6-8-11)9-21-13-18-17-10-19(13)2/h4-8,10,16H,3,9H2,1-2H3,(H2,15,20). The van der Waals surface area contributed by atoms with Gasteiger partial charge in [0.15, 0.2) is 5.16 Å². The summed E-state index contributed by atoms with van der Waals surface area (Å²) in [5.74, 6) is 0.0532. The molecule has 0 aliphatic heterocycles. The van der Waals surface area contributed by atoms with Crippen LogP contribution in [0.25, 0.3) is 0 Å². The monoisotopic (exact) mass is 305 g/mol. The molecule has 1 aromatic carbocycles. The minimum Gasteiger partial charge on any atom is -0.368 e. The fourth-order valence-electron chi connectivity index (χ4n) is 2.14. The second-order valence-electron chi connectivity index (χ2n) is 4.68. The summed E-state index contributed by atoms with van der Waals surface area (Å²) in [6.45, 7) is 2.59. The van der Waals surface area contributed by atoms with Gasteiger partial charge in [0.05, 0.1) is 0 Å². The zero-order chi connectivity index (χ0) is 15.3. The van der Waals surface area contributed by atoms with Crippen molar-refractivity contribution in [2.24, 2.45) is 12.8 Å². The Hall–Kier alpha value is -1.86. The van der Waals surface area contributed by atoms with Gasteiger partial charge in [0.25, 0.3) is 0 Å². The van der Waals surface area contributed by atoms with Gasteiger partial charge in [-0.25, -0.2) is 0 Å². The van der Waals surface area contributed by atoms with Crippen LogP contribution in [0.1, 0.15) is 12.5 Å². The van der Waals surface area contributed by atoms with Crippen LogP contribution in [0.3, 0.4) is 0 Å². The summed E-state index contributed by atoms with van der Waals surface area (Å²) in [6, 6.07) is 9.53. The molecule has 1 aromatic heterocycles. The van der Waals surface area contributed by atoms with Crippen molar-refractivity contribution in [1.29, 1.82) is 0 Å². The highest BCUT2D eigenvalue weighted by molar-refractivity contribution is 7.99. The first-order valence-corrected chi connectivity index (χ1v) is 7.66. The average Bonchev–Trinajstić information content (AvgIpc) is 2.89. The highest BCUT2D eigenvalue weighted by atomic mass is 32.2. The van der Waals surface area contributed by atoms with Gasteiger partial charge in [-0.2, -0.15) is 0 Å². The Morgan fingerprint density at radius 1 is 1.43 bits per heavy atom. The molecule has 3 N–H and O–H groups in total. The summed E-state index contributed by atoms with van der Waals surface area (Å²) < 4.78 is 1.81. The lowest BCUT2D eigenvalue weighted by Crippen LogP contribution is -2.54. The molecule has 6 nitrogen and oxygen atoms in total. The van der Waals surface area contributed by atoms with E-state index >= 15 is 0 Å². The summed E-state index contributed by atoms with van der Waals surface area (Å²) in [7, 11) is 1.87. The minimum absolute atomic E-state index is 0.398. The third-order valence-corrected chi connectivity index (χ3v) is 4.46. The number of nitrogens with one attached hydrogen (secondary N) is 1. The molecular formula is C14H19N5OS. The average molecular weight is 305 g/mol. The second-order valence-corrected chi connectivity index (χ2v) is 5.62. The highest BCUT2D eigenvalue weighted by Crippen LogP contribution is 2.28. The fourth-order valence-corrected chi connectivity index (χ4v) is 3.25. The molecule has 1 amide bonds. The Bertz CT molecular complexity index is 600. The van der Waals surface area contributed by atoms with Crippen LogP contribution in [0, 0.1) is 0 Å². The molecule has 0 radical (unpaired) electrons. The molecule has 0 saturated carbocycles. The van der Waals surface area contributed by atoms with Crippen molar-refractivity contribution in [2.75, 3.05) is 12.3 Å². The van der Waals surface area contributed by atoms with E-state index in [1.165, 1.54) is 11.8 Å². The van der Waals surface area contributed by atoms with Gasteiger partial charge in [-0.1, -0.05) is 49.0 Å². The van der Waals surface area contributed by atoms with Crippen molar-refractivity contribution in [3.8, 4) is 0 Å². The van der Waals surface area contributed by atoms with Gasteiger partial charge in [0, 0.05) is 12.8 Å². The summed E-state index contributed by atoms with van der Waals surface area (Å²) in [5, 5.41) is 11.9. The molecule has 0 saturated heterocycles. The number of carbonyl (C=O) groups is 1. The fraction of sp³-hybridized carbons (Fsp3) is 0.357. The van der Waals surface area contributed by atoms with Crippen molar-refractivity contribution < 1.29 is 4.79 Å². The van der Waals surface area contributed by atoms with Crippen molar-refractivity contribution in [3.05, 3.63) is 42.2 Å². The van der Waals surface area contributed by atoms with E-state index in [4.69, 9.17) is 5.73 Å². The number of nitrogens with two attached hydrogens (primary N) is 1. The van der Waals surface area contributed by atoms with Gasteiger partial charge in [-0.05, 0) is 12.1 Å². The molecule has 2 aromatic rings. The van der Waals surface area contributed by atoms with Crippen LogP contribution in [0.15, 0.2) is 41.8 Å². The first-order valence-electron chi connectivity index (χ1n) is 6.67. The van der Waals surface area contributed by atoms with Crippen LogP contribution in [0.5, 0.6) is 0 Å². The Labute approximate surface area is 128 Å². The summed E-state index contributed by atoms with van der Waals surface area (Å²) in [5.41, 5.74) is 5.64. The van der Waals surface area contributed by atoms with E-state index in [2.05, 4.69) is 15.5 Å². The number of nitrogens with zero attached hydrogens (tertiary/aromatic N) is 3. The first kappa shape index (κ1) is 15.5. The predicted molar refractivity (Wildman–Crippen MR) is 82.7 cm³/mol. The summed E-state index contributed by atoms with van der Waals surface area (Å²) >= 11 is 1.45. The number of amides is 1. The molecule has 0 fully saturated rings. The Balaban J connectivity index is 2.31. The first-order chi connectivity index (χ1) is 10.1. The summed E-state index contributed by atoms with van der Waals surface area (Å²) in [4.78, 5) is 12.2. The van der Waals surface area contributed by atoms with Crippen LogP contribution in [-0.2, 0) is 17.4 Å². The van der Waals surface area contributed by atoms with Crippen molar-refractivity contribution in [1.82, 2.24) is 20.1 Å². The molecule has 1 atom stereocenters. The zero-order valence-electron chi connectivity index (χ0n) is 12.1. The van der Waals surface area contributed by atoms with Gasteiger partial charge in [-0.15, -0.1) is 10.2 Å². The third-order valence-electron chi connectivity index (χ3n) is 3.25. The molecular weight excluding hydrogens is 286 g/mol. The Kier molecular flexibility index (Phi) is 4.98. The maximum atomic E-state index is 12.2. The number of rotatable bonds is 7. The smallest absolute Gasteiger partial charge is 0.243 e. The van der Waals surface area contributed by atoms with Gasteiger partial charge in [0.1, 0.15) is 11.9 Å². The number of hydrogen-bond donors (Lipinski definition) is 2. The van der Waals surface area contributed by atoms with Gasteiger partial charge in [0.2, 0.25) is 5.91 Å². The van der Waals surface area contributed by atoms with E-state index in [0.717, 1.165) is 10.7 Å². The Morgan fingerprint density at radius 2 is 2.14 bits per heavy atom. The number of benzene rings is 1. The van der Waals surface area contributed by atoms with Gasteiger partial charge >= 0.3 is 0 Å². The highest BCUT2D eigenvalue weighted by Gasteiger charge is 2.38. The number of aryl methyl sites for hydroxylation is 1. The van der Waals surface area contributed by atoms with Crippen LogP contribution in [-0.4, -0.2) is 33.0 Å². The van der Waals surface area contributed by atoms with Crippen molar-refractivity contribution in [3.63, 3.8) is 0 Å². The number of aromatic nitrogens is 3. The minimum atomic E-state index is -0.924. The van der Waals surface area contributed by atoms with E-state index < -0.39 is 11.4 Å². The molecule has 1 unspecified atom stereocenters. The SMILES string of the molecule is CCNC(CSc1nncn1C)(C(N)=O)c1ccccc1. The predicted octanol–water partition coefficient (Wildman–Crippen LogP) is 0.898. The molecule has 2 rings (SSSR count). The molecule has 21 heavy (non-hydrogen) atoms. The topological polar surface area (TPSA) is 85.8 Å². The maximum absolute atomic E-state index is 12.2. The Morgan fingerprint density at radius 3 is 2.67 bits per heavy atom. The number of likely N-dealkylation sites (N-methyl/N-ethyl adjacent to an activating group) is 1. The van der Waals surface area contributed by atoms with Crippen LogP contribution >= 0.6 is 11.8 Å². The molecule has 0 aliphatic rings. The molecule has 7 heteroatoms. The molecule has 0 bridgehead atoms. The van der Waals surface area contributed by atoms with E-state index in [1.807, 2.05) is 48.9 Å². The lowest BCUT2D eigenvalue weighted by molar-refractivity contribution is -0.123. The van der Waals surface area contributed by atoms with Gasteiger partial charge < -0.3 is 10.3 Å². The van der Waals surface area contributed by atoms with E-state index in [-0.39, 0.29) is 0 Å². The number of hydrogen-bond acceptors (Lipinski definition) is 5. The van der Waals surface area contributed by atoms with E-state index in [0.29, 0.717) is 12.3 Å². The van der Waals surface area contributed by atoms with Crippen molar-refractivity contribution in [2.45, 2.75) is 17.6 Å². The van der Waals surface area contributed by atoms with Crippen LogP contribution in [0.2, 0.25) is 0 Å². The van der Waals surface area contributed by atoms with Crippen LogP contribution in [0.4, 0.5) is 0 Å². The van der Waals surface area contributed by atoms with Crippen LogP contribution < -0.4 is 11.1 Å². The largest absolute Gasteiger partial charge is 0.368 e. The lowest BCUT2D eigenvalue weighted by atomic mass is 9.91. The summed E-state index contributed by atoms with van der Waals surface area (Å²) in [6.07, 6.45) is 1.63. The van der Waals surface area contributed by atoms with E-state index in [1.54, 1.807) is 6.33 Å². The molecule has 112 valence electrons.